The Kier molecular flexibility index (Phi) is 20.3. The Morgan fingerprint density at radius 2 is 1.44 bits per heavy atom. The number of rotatable bonds is 12. The molecule has 0 aliphatic carbocycles. The molecule has 4 rings (SSSR count). The summed E-state index contributed by atoms with van der Waals surface area (Å²) in [7, 11) is 6.54. The van der Waals surface area contributed by atoms with Gasteiger partial charge in [-0.3, -0.25) is 9.59 Å². The molecule has 15 heteroatoms. The van der Waals surface area contributed by atoms with E-state index in [1.807, 2.05) is 33.8 Å². The number of aliphatic hydroxyl groups excluding tert-OH is 4. The van der Waals surface area contributed by atoms with Crippen LogP contribution in [0.25, 0.3) is 0 Å². The molecule has 0 amide bonds. The predicted molar refractivity (Wildman–Crippen MR) is 229 cm³/mol. The van der Waals surface area contributed by atoms with E-state index in [4.69, 9.17) is 33.2 Å². The smallest absolute Gasteiger partial charge is 0.308 e. The van der Waals surface area contributed by atoms with Gasteiger partial charge in [-0.1, -0.05) is 52.3 Å². The fourth-order valence-electron chi connectivity index (χ4n) is 10.0. The molecular weight excluding hydrogens is 789 g/mol. The molecule has 352 valence electrons. The van der Waals surface area contributed by atoms with Crippen molar-refractivity contribution in [3.63, 3.8) is 0 Å². The number of likely N-dealkylation sites (tertiary alicyclic amines) is 1. The topological polar surface area (TPSA) is 186 Å². The molecule has 0 aromatic rings. The molecule has 0 radical (unpaired) electrons. The summed E-state index contributed by atoms with van der Waals surface area (Å²) < 4.78 is 42.6. The van der Waals surface area contributed by atoms with Crippen molar-refractivity contribution < 1.29 is 63.2 Å². The number of allylic oxidation sites excluding steroid dienone is 3. The van der Waals surface area contributed by atoms with Crippen LogP contribution < -0.4 is 0 Å². The number of aliphatic hydroxyl groups is 4. The fourth-order valence-corrected chi connectivity index (χ4v) is 10.0. The highest BCUT2D eigenvalue weighted by Crippen LogP contribution is 2.36. The van der Waals surface area contributed by atoms with Gasteiger partial charge in [-0.05, 0) is 90.9 Å². The van der Waals surface area contributed by atoms with Gasteiger partial charge in [0, 0.05) is 45.1 Å². The average molecular weight is 869 g/mol. The highest BCUT2D eigenvalue weighted by atomic mass is 16.7. The molecule has 0 bridgehead atoms. The second kappa shape index (κ2) is 23.9. The van der Waals surface area contributed by atoms with E-state index in [-0.39, 0.29) is 24.7 Å². The van der Waals surface area contributed by atoms with Crippen molar-refractivity contribution >= 4 is 11.8 Å². The van der Waals surface area contributed by atoms with E-state index in [1.54, 1.807) is 45.0 Å². The highest BCUT2D eigenvalue weighted by molar-refractivity contribution is 5.91. The minimum Gasteiger partial charge on any atom is -0.462 e. The molecule has 4 aliphatic rings. The SMILES string of the molecule is CC[C@H]1OC(=O)C[C@@H](O)[C@H](C)[C@@H](O[C@@H]2O[C@H](C)[C@@H](O)[C@H](N(C)C)[C@H]2O)[C@@H](CCN2CC(C)CC(C)C2)C[C@@H](C)C(=O)/C=C/C(C)=C/[C@@H]1CO[C@@H]1O[C@H](C)[C@@H](O)[C@@H](OC)[C@H]1OC. The summed E-state index contributed by atoms with van der Waals surface area (Å²) in [6.45, 7) is 18.2. The van der Waals surface area contributed by atoms with Gasteiger partial charge in [-0.15, -0.1) is 0 Å². The van der Waals surface area contributed by atoms with E-state index in [2.05, 4.69) is 18.7 Å². The van der Waals surface area contributed by atoms with Crippen LogP contribution in [0.5, 0.6) is 0 Å². The molecule has 3 saturated heterocycles. The molecule has 3 fully saturated rings. The highest BCUT2D eigenvalue weighted by Gasteiger charge is 2.48. The first kappa shape index (κ1) is 51.8. The molecule has 0 aromatic heterocycles. The van der Waals surface area contributed by atoms with Crippen molar-refractivity contribution in [1.29, 1.82) is 0 Å². The van der Waals surface area contributed by atoms with E-state index < -0.39 is 103 Å². The van der Waals surface area contributed by atoms with Gasteiger partial charge in [0.2, 0.25) is 0 Å². The Hall–Kier alpha value is -1.86. The maximum atomic E-state index is 14.0. The van der Waals surface area contributed by atoms with Crippen LogP contribution in [0.2, 0.25) is 0 Å². The van der Waals surface area contributed by atoms with Gasteiger partial charge in [0.15, 0.2) is 18.4 Å². The number of ketones is 1. The van der Waals surface area contributed by atoms with Crippen molar-refractivity contribution in [1.82, 2.24) is 9.80 Å². The summed E-state index contributed by atoms with van der Waals surface area (Å²) in [4.78, 5) is 32.1. The van der Waals surface area contributed by atoms with Crippen molar-refractivity contribution in [2.75, 3.05) is 54.6 Å². The van der Waals surface area contributed by atoms with Crippen LogP contribution in [0.15, 0.2) is 23.8 Å². The maximum Gasteiger partial charge on any atom is 0.308 e. The fraction of sp³-hybridized carbons (Fsp3) is 0.870. The molecule has 61 heavy (non-hydrogen) atoms. The number of likely N-dealkylation sites (N-methyl/N-ethyl adjacent to an activating group) is 1. The van der Waals surface area contributed by atoms with Gasteiger partial charge in [0.1, 0.15) is 30.5 Å². The van der Waals surface area contributed by atoms with Crippen LogP contribution in [-0.4, -0.2) is 176 Å². The average Bonchev–Trinajstić information content (AvgIpc) is 3.19. The van der Waals surface area contributed by atoms with Gasteiger partial charge in [0.25, 0.3) is 0 Å². The number of carbonyl (C=O) groups excluding carboxylic acids is 2. The molecule has 2 unspecified atom stereocenters. The molecule has 4 N–H and O–H groups in total. The Morgan fingerprint density at radius 3 is 2.05 bits per heavy atom. The molecule has 4 aliphatic heterocycles. The number of piperidine rings is 1. The lowest BCUT2D eigenvalue weighted by Crippen LogP contribution is -2.63. The zero-order chi connectivity index (χ0) is 45.3. The van der Waals surface area contributed by atoms with Crippen LogP contribution in [-0.2, 0) is 42.7 Å². The zero-order valence-electron chi connectivity index (χ0n) is 38.9. The first-order chi connectivity index (χ1) is 28.8. The molecule has 15 nitrogen and oxygen atoms in total. The summed E-state index contributed by atoms with van der Waals surface area (Å²) in [6.07, 6.45) is -2.96. The lowest BCUT2D eigenvalue weighted by molar-refractivity contribution is -0.304. The summed E-state index contributed by atoms with van der Waals surface area (Å²) in [5.41, 5.74) is 0.761. The number of methoxy groups -OCH3 is 2. The lowest BCUT2D eigenvalue weighted by atomic mass is 9.79. The van der Waals surface area contributed by atoms with E-state index in [0.717, 1.165) is 25.2 Å². The van der Waals surface area contributed by atoms with Gasteiger partial charge in [0.05, 0.1) is 49.6 Å². The number of ether oxygens (including phenoxy) is 7. The number of cyclic esters (lactones) is 1. The third-order valence-corrected chi connectivity index (χ3v) is 13.5. The minimum absolute atomic E-state index is 0.0427. The third-order valence-electron chi connectivity index (χ3n) is 13.5. The predicted octanol–water partition coefficient (Wildman–Crippen LogP) is 3.34. The number of nitrogens with zero attached hydrogens (tertiary/aromatic N) is 2. The lowest BCUT2D eigenvalue weighted by Gasteiger charge is -2.47. The number of esters is 1. The summed E-state index contributed by atoms with van der Waals surface area (Å²) in [5, 5.41) is 45.3. The Morgan fingerprint density at radius 1 is 0.820 bits per heavy atom. The molecular formula is C46H80N2O13. The monoisotopic (exact) mass is 869 g/mol. The summed E-state index contributed by atoms with van der Waals surface area (Å²) in [6, 6.07) is -0.684. The van der Waals surface area contributed by atoms with Crippen molar-refractivity contribution in [2.45, 2.75) is 167 Å². The Bertz CT molecular complexity index is 1420. The standard InChI is InChI=1S/C46H80N2O13/c1-13-36-33(24-57-46-44(56-12)43(55-11)40(53)31(8)59-46)19-25(2)14-15-34(49)28(5)20-32(16-17-48-22-26(3)18-27(4)23-48)42(29(6)35(50)21-37(51)60-36)61-45-41(54)38(47(9)10)39(52)30(7)58-45/h14-15,19,26-33,35-36,38-46,50,52-54H,13,16-18,20-24H2,1-12H3/b15-14+,25-19+/t26?,27?,28-,29+,30-,31-,32+,33-,35-,36-,38+,39-,40-,41-,42-,43-,44-,45+,46-/m1/s1. The van der Waals surface area contributed by atoms with Gasteiger partial charge in [-0.25, -0.2) is 0 Å². The first-order valence-electron chi connectivity index (χ1n) is 22.6. The molecule has 0 saturated carbocycles. The van der Waals surface area contributed by atoms with Gasteiger partial charge >= 0.3 is 5.97 Å². The quantitative estimate of drug-likeness (QED) is 0.209. The Labute approximate surface area is 365 Å². The summed E-state index contributed by atoms with van der Waals surface area (Å²) >= 11 is 0. The first-order valence-corrected chi connectivity index (χ1v) is 22.6. The summed E-state index contributed by atoms with van der Waals surface area (Å²) in [5.74, 6) is -1.46. The largest absolute Gasteiger partial charge is 0.462 e. The number of hydrogen-bond acceptors (Lipinski definition) is 15. The van der Waals surface area contributed by atoms with E-state index in [0.29, 0.717) is 31.1 Å². The van der Waals surface area contributed by atoms with Crippen LogP contribution in [0, 0.1) is 35.5 Å². The van der Waals surface area contributed by atoms with E-state index >= 15 is 0 Å². The van der Waals surface area contributed by atoms with E-state index in [1.165, 1.54) is 20.6 Å². The third kappa shape index (κ3) is 13.8. The zero-order valence-corrected chi connectivity index (χ0v) is 38.9. The number of hydrogen-bond donors (Lipinski definition) is 4. The molecule has 0 spiro atoms. The van der Waals surface area contributed by atoms with Crippen LogP contribution >= 0.6 is 0 Å². The van der Waals surface area contributed by atoms with Gasteiger partial charge < -0.3 is 63.4 Å². The van der Waals surface area contributed by atoms with Crippen molar-refractivity contribution in [3.8, 4) is 0 Å². The molecule has 4 heterocycles. The number of carbonyl (C=O) groups is 2. The molecule has 19 atom stereocenters. The second-order valence-corrected chi connectivity index (χ2v) is 18.9. The van der Waals surface area contributed by atoms with Crippen LogP contribution in [0.1, 0.15) is 87.5 Å². The minimum atomic E-state index is -1.23. The molecule has 0 aromatic carbocycles. The maximum absolute atomic E-state index is 14.0. The second-order valence-electron chi connectivity index (χ2n) is 18.9. The van der Waals surface area contributed by atoms with E-state index in [9.17, 15) is 30.0 Å². The van der Waals surface area contributed by atoms with Crippen molar-refractivity contribution in [2.24, 2.45) is 35.5 Å². The van der Waals surface area contributed by atoms with Gasteiger partial charge in [-0.2, -0.15) is 0 Å². The van der Waals surface area contributed by atoms with Crippen LogP contribution in [0.3, 0.4) is 0 Å². The Balaban J connectivity index is 1.68. The normalized spacial score (nSPS) is 44.3. The van der Waals surface area contributed by atoms with Crippen molar-refractivity contribution in [3.05, 3.63) is 23.8 Å². The van der Waals surface area contributed by atoms with Crippen LogP contribution in [0.4, 0.5) is 0 Å².